The smallest absolute Gasteiger partial charge is 0.325 e. The van der Waals surface area contributed by atoms with Crippen molar-refractivity contribution in [3.63, 3.8) is 0 Å². The molecule has 0 aromatic heterocycles. The molecule has 0 bridgehead atoms. The lowest BCUT2D eigenvalue weighted by atomic mass is 10.1. The summed E-state index contributed by atoms with van der Waals surface area (Å²) in [4.78, 5) is 11.2. The molecule has 92 valence electrons. The van der Waals surface area contributed by atoms with E-state index >= 15 is 0 Å². The van der Waals surface area contributed by atoms with Crippen molar-refractivity contribution in [3.8, 4) is 5.75 Å². The van der Waals surface area contributed by atoms with Gasteiger partial charge in [-0.15, -0.1) is 0 Å². The lowest BCUT2D eigenvalue weighted by Crippen LogP contribution is -2.30. The highest BCUT2D eigenvalue weighted by Crippen LogP contribution is 2.30. The van der Waals surface area contributed by atoms with Crippen molar-refractivity contribution >= 4 is 5.97 Å². The number of carboxylic acid groups (broad SMARTS) is 1. The van der Waals surface area contributed by atoms with Crippen molar-refractivity contribution in [1.29, 1.82) is 0 Å². The second-order valence-corrected chi connectivity index (χ2v) is 4.10. The molecule has 1 aliphatic carbocycles. The first-order valence-electron chi connectivity index (χ1n) is 5.44. The predicted molar refractivity (Wildman–Crippen MR) is 59.5 cm³/mol. The highest BCUT2D eigenvalue weighted by Gasteiger charge is 2.31. The highest BCUT2D eigenvalue weighted by molar-refractivity contribution is 5.76. The van der Waals surface area contributed by atoms with Crippen molar-refractivity contribution in [2.45, 2.75) is 24.9 Å². The molecule has 1 atom stereocenters. The molecular formula is C12H14FNO3. The molecule has 2 N–H and O–H groups in total. The first-order chi connectivity index (χ1) is 8.11. The number of hydrogen-bond donors (Lipinski definition) is 2. The third kappa shape index (κ3) is 2.74. The van der Waals surface area contributed by atoms with Crippen LogP contribution < -0.4 is 10.1 Å². The van der Waals surface area contributed by atoms with Gasteiger partial charge in [0.2, 0.25) is 0 Å². The summed E-state index contributed by atoms with van der Waals surface area (Å²) < 4.78 is 18.2. The van der Waals surface area contributed by atoms with Gasteiger partial charge in [0.15, 0.2) is 0 Å². The van der Waals surface area contributed by atoms with Gasteiger partial charge in [-0.2, -0.15) is 0 Å². The fourth-order valence-corrected chi connectivity index (χ4v) is 1.71. The van der Waals surface area contributed by atoms with E-state index in [0.717, 1.165) is 12.8 Å². The standard InChI is InChI=1S/C12H14FNO3/c1-17-10-5-2-7(13)6-9(10)11(12(15)16)14-8-3-4-8/h2,5-6,8,11,14H,3-4H2,1H3,(H,15,16). The quantitative estimate of drug-likeness (QED) is 0.821. The molecule has 17 heavy (non-hydrogen) atoms. The molecule has 4 nitrogen and oxygen atoms in total. The van der Waals surface area contributed by atoms with Gasteiger partial charge in [0, 0.05) is 11.6 Å². The number of aliphatic carboxylic acids is 1. The topological polar surface area (TPSA) is 58.6 Å². The molecule has 1 aliphatic rings. The van der Waals surface area contributed by atoms with E-state index in [-0.39, 0.29) is 6.04 Å². The maximum absolute atomic E-state index is 13.2. The van der Waals surface area contributed by atoms with Crippen LogP contribution in [0.1, 0.15) is 24.4 Å². The number of carboxylic acids is 1. The molecule has 1 aromatic carbocycles. The van der Waals surface area contributed by atoms with Crippen LogP contribution in [0.4, 0.5) is 4.39 Å². The van der Waals surface area contributed by atoms with Gasteiger partial charge in [-0.25, -0.2) is 4.39 Å². The van der Waals surface area contributed by atoms with Crippen molar-refractivity contribution in [3.05, 3.63) is 29.6 Å². The van der Waals surface area contributed by atoms with Crippen LogP contribution in [0.5, 0.6) is 5.75 Å². The summed E-state index contributed by atoms with van der Waals surface area (Å²) in [6, 6.07) is 3.18. The molecule has 5 heteroatoms. The third-order valence-corrected chi connectivity index (χ3v) is 2.73. The summed E-state index contributed by atoms with van der Waals surface area (Å²) in [5, 5.41) is 12.1. The van der Waals surface area contributed by atoms with Crippen LogP contribution in [0.25, 0.3) is 0 Å². The number of benzene rings is 1. The molecule has 0 radical (unpaired) electrons. The summed E-state index contributed by atoms with van der Waals surface area (Å²) in [6.07, 6.45) is 1.92. The lowest BCUT2D eigenvalue weighted by Gasteiger charge is -2.17. The Morgan fingerprint density at radius 2 is 2.29 bits per heavy atom. The molecular weight excluding hydrogens is 225 g/mol. The monoisotopic (exact) mass is 239 g/mol. The Morgan fingerprint density at radius 1 is 1.59 bits per heavy atom. The largest absolute Gasteiger partial charge is 0.496 e. The van der Waals surface area contributed by atoms with Gasteiger partial charge in [-0.3, -0.25) is 10.1 Å². The van der Waals surface area contributed by atoms with Crippen LogP contribution in [0, 0.1) is 5.82 Å². The number of ether oxygens (including phenoxy) is 1. The molecule has 0 spiro atoms. The average Bonchev–Trinajstić information content (AvgIpc) is 3.09. The van der Waals surface area contributed by atoms with Gasteiger partial charge >= 0.3 is 5.97 Å². The minimum atomic E-state index is -1.03. The minimum absolute atomic E-state index is 0.212. The molecule has 0 heterocycles. The first-order valence-corrected chi connectivity index (χ1v) is 5.44. The fraction of sp³-hybridized carbons (Fsp3) is 0.417. The minimum Gasteiger partial charge on any atom is -0.496 e. The molecule has 0 saturated heterocycles. The van der Waals surface area contributed by atoms with E-state index in [4.69, 9.17) is 4.74 Å². The highest BCUT2D eigenvalue weighted by atomic mass is 19.1. The maximum Gasteiger partial charge on any atom is 0.325 e. The van der Waals surface area contributed by atoms with Crippen LogP contribution >= 0.6 is 0 Å². The van der Waals surface area contributed by atoms with Crippen molar-refractivity contribution in [1.82, 2.24) is 5.32 Å². The van der Waals surface area contributed by atoms with Gasteiger partial charge in [-0.05, 0) is 31.0 Å². The lowest BCUT2D eigenvalue weighted by molar-refractivity contribution is -0.139. The third-order valence-electron chi connectivity index (χ3n) is 2.73. The van der Waals surface area contributed by atoms with E-state index in [2.05, 4.69) is 5.32 Å². The Balaban J connectivity index is 2.32. The Morgan fingerprint density at radius 3 is 2.82 bits per heavy atom. The molecule has 0 amide bonds. The number of rotatable bonds is 5. The number of methoxy groups -OCH3 is 1. The molecule has 0 aliphatic heterocycles. The number of halogens is 1. The zero-order valence-electron chi connectivity index (χ0n) is 9.44. The first kappa shape index (κ1) is 11.9. The predicted octanol–water partition coefficient (Wildman–Crippen LogP) is 1.71. The van der Waals surface area contributed by atoms with Crippen LogP contribution in [-0.2, 0) is 4.79 Å². The van der Waals surface area contributed by atoms with Crippen LogP contribution in [0.3, 0.4) is 0 Å². The molecule has 1 aromatic rings. The zero-order valence-corrected chi connectivity index (χ0v) is 9.44. The van der Waals surface area contributed by atoms with Crippen LogP contribution in [-0.4, -0.2) is 24.2 Å². The zero-order chi connectivity index (χ0) is 12.4. The summed E-state index contributed by atoms with van der Waals surface area (Å²) >= 11 is 0. The Bertz CT molecular complexity index is 432. The molecule has 1 fully saturated rings. The Labute approximate surface area is 98.4 Å². The molecule has 1 unspecified atom stereocenters. The molecule has 1 saturated carbocycles. The van der Waals surface area contributed by atoms with Gasteiger partial charge < -0.3 is 9.84 Å². The van der Waals surface area contributed by atoms with E-state index < -0.39 is 17.8 Å². The van der Waals surface area contributed by atoms with Gasteiger partial charge in [-0.1, -0.05) is 0 Å². The van der Waals surface area contributed by atoms with Gasteiger partial charge in [0.1, 0.15) is 17.6 Å². The Hall–Kier alpha value is -1.62. The van der Waals surface area contributed by atoms with E-state index in [9.17, 15) is 14.3 Å². The molecule has 2 rings (SSSR count). The summed E-state index contributed by atoms with van der Waals surface area (Å²) in [7, 11) is 1.44. The summed E-state index contributed by atoms with van der Waals surface area (Å²) in [6.45, 7) is 0. The fourth-order valence-electron chi connectivity index (χ4n) is 1.71. The number of hydrogen-bond acceptors (Lipinski definition) is 3. The van der Waals surface area contributed by atoms with E-state index in [0.29, 0.717) is 11.3 Å². The van der Waals surface area contributed by atoms with E-state index in [1.807, 2.05) is 0 Å². The van der Waals surface area contributed by atoms with E-state index in [1.165, 1.54) is 25.3 Å². The average molecular weight is 239 g/mol. The maximum atomic E-state index is 13.2. The van der Waals surface area contributed by atoms with Gasteiger partial charge in [0.25, 0.3) is 0 Å². The van der Waals surface area contributed by atoms with Crippen LogP contribution in [0.15, 0.2) is 18.2 Å². The Kier molecular flexibility index (Phi) is 3.28. The van der Waals surface area contributed by atoms with Crippen molar-refractivity contribution in [2.24, 2.45) is 0 Å². The second-order valence-electron chi connectivity index (χ2n) is 4.10. The number of nitrogens with one attached hydrogen (secondary N) is 1. The SMILES string of the molecule is COc1ccc(F)cc1C(NC1CC1)C(=O)O. The summed E-state index contributed by atoms with van der Waals surface area (Å²) in [5.74, 6) is -1.11. The normalized spacial score (nSPS) is 16.6. The van der Waals surface area contributed by atoms with Crippen LogP contribution in [0.2, 0.25) is 0 Å². The van der Waals surface area contributed by atoms with Crippen molar-refractivity contribution in [2.75, 3.05) is 7.11 Å². The summed E-state index contributed by atoms with van der Waals surface area (Å²) in [5.41, 5.74) is 0.326. The second kappa shape index (κ2) is 4.71. The van der Waals surface area contributed by atoms with E-state index in [1.54, 1.807) is 0 Å². The van der Waals surface area contributed by atoms with Gasteiger partial charge in [0.05, 0.1) is 7.11 Å². The number of carbonyl (C=O) groups is 1. The van der Waals surface area contributed by atoms with Crippen molar-refractivity contribution < 1.29 is 19.0 Å².